The van der Waals surface area contributed by atoms with Crippen molar-refractivity contribution in [2.75, 3.05) is 6.61 Å². The standard InChI is InChI=1S/C28H42N2OS2/c1-3-5-7-9-10-11-12-14-16-18-31-27-20-25-24(33-27)19-26(32-25)28-29-21-23(22-30-28)17-15-13-8-6-4-2/h19-22H,3-18H2,1-2H3. The molecule has 3 heterocycles. The summed E-state index contributed by atoms with van der Waals surface area (Å²) in [6.45, 7) is 5.37. The monoisotopic (exact) mass is 486 g/mol. The molecule has 0 unspecified atom stereocenters. The Kier molecular flexibility index (Phi) is 12.2. The van der Waals surface area contributed by atoms with Crippen LogP contribution in [0.5, 0.6) is 5.06 Å². The van der Waals surface area contributed by atoms with E-state index in [0.717, 1.165) is 35.2 Å². The zero-order valence-electron chi connectivity index (χ0n) is 20.7. The fourth-order valence-corrected chi connectivity index (χ4v) is 6.33. The number of fused-ring (bicyclic) bond motifs is 1. The van der Waals surface area contributed by atoms with Gasteiger partial charge in [0, 0.05) is 27.9 Å². The lowest BCUT2D eigenvalue weighted by molar-refractivity contribution is 0.313. The fraction of sp³-hybridized carbons (Fsp3) is 0.643. The molecular formula is C28H42N2OS2. The van der Waals surface area contributed by atoms with Crippen LogP contribution >= 0.6 is 22.7 Å². The highest BCUT2D eigenvalue weighted by molar-refractivity contribution is 7.30. The molecule has 3 nitrogen and oxygen atoms in total. The van der Waals surface area contributed by atoms with Crippen LogP contribution in [0.4, 0.5) is 0 Å². The summed E-state index contributed by atoms with van der Waals surface area (Å²) in [5.41, 5.74) is 1.25. The van der Waals surface area contributed by atoms with Gasteiger partial charge in [-0.3, -0.25) is 0 Å². The molecule has 0 bridgehead atoms. The predicted molar refractivity (Wildman–Crippen MR) is 146 cm³/mol. The summed E-state index contributed by atoms with van der Waals surface area (Å²) in [6, 6.07) is 4.41. The first-order valence-electron chi connectivity index (χ1n) is 13.3. The van der Waals surface area contributed by atoms with Gasteiger partial charge in [-0.2, -0.15) is 0 Å². The Morgan fingerprint density at radius 2 is 1.24 bits per heavy atom. The topological polar surface area (TPSA) is 35.0 Å². The molecule has 0 N–H and O–H groups in total. The Hall–Kier alpha value is -1.46. The molecule has 3 aromatic rings. The van der Waals surface area contributed by atoms with Crippen LogP contribution in [-0.4, -0.2) is 16.6 Å². The van der Waals surface area contributed by atoms with E-state index in [1.54, 1.807) is 22.7 Å². The van der Waals surface area contributed by atoms with Crippen molar-refractivity contribution in [3.05, 3.63) is 30.1 Å². The second-order valence-corrected chi connectivity index (χ2v) is 11.3. The lowest BCUT2D eigenvalue weighted by atomic mass is 10.1. The van der Waals surface area contributed by atoms with Gasteiger partial charge in [0.2, 0.25) is 0 Å². The van der Waals surface area contributed by atoms with Gasteiger partial charge in [-0.05, 0) is 30.9 Å². The Balaban J connectivity index is 1.35. The second-order valence-electron chi connectivity index (χ2n) is 9.16. The molecule has 0 spiro atoms. The minimum absolute atomic E-state index is 0.833. The van der Waals surface area contributed by atoms with Gasteiger partial charge in [-0.15, -0.1) is 11.3 Å². The molecule has 0 fully saturated rings. The maximum Gasteiger partial charge on any atom is 0.175 e. The molecule has 0 amide bonds. The van der Waals surface area contributed by atoms with E-state index >= 15 is 0 Å². The van der Waals surface area contributed by atoms with E-state index in [2.05, 4.69) is 35.9 Å². The molecule has 3 aromatic heterocycles. The summed E-state index contributed by atoms with van der Waals surface area (Å²) in [4.78, 5) is 10.4. The van der Waals surface area contributed by atoms with Crippen LogP contribution in [0.3, 0.4) is 0 Å². The van der Waals surface area contributed by atoms with E-state index in [1.807, 2.05) is 12.4 Å². The lowest BCUT2D eigenvalue weighted by Crippen LogP contribution is -1.95. The highest BCUT2D eigenvalue weighted by Gasteiger charge is 2.11. The number of rotatable bonds is 18. The highest BCUT2D eigenvalue weighted by atomic mass is 32.1. The number of aryl methyl sites for hydroxylation is 1. The Morgan fingerprint density at radius 3 is 1.88 bits per heavy atom. The van der Waals surface area contributed by atoms with Crippen molar-refractivity contribution in [2.24, 2.45) is 0 Å². The molecule has 5 heteroatoms. The third-order valence-electron chi connectivity index (χ3n) is 6.17. The van der Waals surface area contributed by atoms with Gasteiger partial charge >= 0.3 is 0 Å². The average Bonchev–Trinajstić information content (AvgIpc) is 3.40. The summed E-state index contributed by atoms with van der Waals surface area (Å²) >= 11 is 3.51. The molecule has 3 rings (SSSR count). The largest absolute Gasteiger partial charge is 0.484 e. The van der Waals surface area contributed by atoms with Crippen molar-refractivity contribution >= 4 is 32.1 Å². The third kappa shape index (κ3) is 9.36. The molecule has 0 atom stereocenters. The number of hydrogen-bond acceptors (Lipinski definition) is 5. The smallest absolute Gasteiger partial charge is 0.175 e. The molecule has 182 valence electrons. The molecule has 0 radical (unpaired) electrons. The Bertz CT molecular complexity index is 869. The number of unbranched alkanes of at least 4 members (excludes halogenated alkanes) is 12. The lowest BCUT2D eigenvalue weighted by Gasteiger charge is -2.04. The van der Waals surface area contributed by atoms with Gasteiger partial charge in [0.25, 0.3) is 0 Å². The van der Waals surface area contributed by atoms with Gasteiger partial charge in [-0.1, -0.05) is 102 Å². The molecule has 33 heavy (non-hydrogen) atoms. The number of nitrogens with zero attached hydrogens (tertiary/aromatic N) is 2. The molecule has 0 saturated carbocycles. The first kappa shape index (κ1) is 26.2. The minimum Gasteiger partial charge on any atom is -0.484 e. The van der Waals surface area contributed by atoms with Crippen LogP contribution in [0, 0.1) is 0 Å². The van der Waals surface area contributed by atoms with Crippen LogP contribution in [-0.2, 0) is 6.42 Å². The number of ether oxygens (including phenoxy) is 1. The van der Waals surface area contributed by atoms with Gasteiger partial charge in [0.15, 0.2) is 10.9 Å². The molecule has 0 saturated heterocycles. The van der Waals surface area contributed by atoms with Crippen LogP contribution in [0.15, 0.2) is 24.5 Å². The zero-order chi connectivity index (χ0) is 23.1. The first-order valence-corrected chi connectivity index (χ1v) is 14.9. The van der Waals surface area contributed by atoms with Crippen LogP contribution in [0.25, 0.3) is 20.1 Å². The van der Waals surface area contributed by atoms with Crippen molar-refractivity contribution in [2.45, 2.75) is 110 Å². The predicted octanol–water partition coefficient (Wildman–Crippen LogP) is 9.84. The number of thiophene rings is 2. The fourth-order valence-electron chi connectivity index (χ4n) is 4.12. The Morgan fingerprint density at radius 1 is 0.667 bits per heavy atom. The molecule has 0 aliphatic heterocycles. The van der Waals surface area contributed by atoms with Gasteiger partial charge in [0.05, 0.1) is 11.5 Å². The van der Waals surface area contributed by atoms with E-state index in [4.69, 9.17) is 4.74 Å². The van der Waals surface area contributed by atoms with Crippen molar-refractivity contribution < 1.29 is 4.74 Å². The van der Waals surface area contributed by atoms with Crippen molar-refractivity contribution in [1.82, 2.24) is 9.97 Å². The highest BCUT2D eigenvalue weighted by Crippen LogP contribution is 2.40. The zero-order valence-corrected chi connectivity index (χ0v) is 22.4. The van der Waals surface area contributed by atoms with E-state index in [-0.39, 0.29) is 0 Å². The first-order chi connectivity index (χ1) is 16.3. The third-order valence-corrected chi connectivity index (χ3v) is 8.37. The van der Waals surface area contributed by atoms with E-state index in [0.29, 0.717) is 0 Å². The van der Waals surface area contributed by atoms with Gasteiger partial charge in [0.1, 0.15) is 0 Å². The van der Waals surface area contributed by atoms with E-state index in [9.17, 15) is 0 Å². The minimum atomic E-state index is 0.833. The van der Waals surface area contributed by atoms with E-state index in [1.165, 1.54) is 98.4 Å². The SMILES string of the molecule is CCCCCCCCCCCOc1cc2sc(-c3ncc(CCCCCCC)cn3)cc2s1. The molecule has 0 aliphatic rings. The summed E-state index contributed by atoms with van der Waals surface area (Å²) in [5.74, 6) is 0.843. The van der Waals surface area contributed by atoms with Crippen LogP contribution in [0.2, 0.25) is 0 Å². The molecular weight excluding hydrogens is 444 g/mol. The maximum absolute atomic E-state index is 6.03. The summed E-state index contributed by atoms with van der Waals surface area (Å²) < 4.78 is 8.58. The normalized spacial score (nSPS) is 11.5. The summed E-state index contributed by atoms with van der Waals surface area (Å²) in [6.07, 6.45) is 23.7. The second kappa shape index (κ2) is 15.4. The van der Waals surface area contributed by atoms with Gasteiger partial charge < -0.3 is 4.74 Å². The number of aromatic nitrogens is 2. The van der Waals surface area contributed by atoms with Crippen LogP contribution in [0.1, 0.15) is 109 Å². The summed E-state index contributed by atoms with van der Waals surface area (Å²) in [5, 5.41) is 1.04. The average molecular weight is 487 g/mol. The van der Waals surface area contributed by atoms with Crippen molar-refractivity contribution in [3.8, 4) is 15.8 Å². The number of hydrogen-bond donors (Lipinski definition) is 0. The van der Waals surface area contributed by atoms with Crippen LogP contribution < -0.4 is 4.74 Å². The maximum atomic E-state index is 6.03. The molecule has 0 aliphatic carbocycles. The summed E-state index contributed by atoms with van der Waals surface area (Å²) in [7, 11) is 0. The van der Waals surface area contributed by atoms with Crippen molar-refractivity contribution in [1.29, 1.82) is 0 Å². The Labute approximate surface area is 209 Å². The van der Waals surface area contributed by atoms with Crippen molar-refractivity contribution in [3.63, 3.8) is 0 Å². The van der Waals surface area contributed by atoms with E-state index < -0.39 is 0 Å². The molecule has 0 aromatic carbocycles. The quantitative estimate of drug-likeness (QED) is 0.168. The van der Waals surface area contributed by atoms with Gasteiger partial charge in [-0.25, -0.2) is 9.97 Å².